The summed E-state index contributed by atoms with van der Waals surface area (Å²) in [6, 6.07) is 30.6. The highest BCUT2D eigenvalue weighted by Crippen LogP contribution is 2.32. The molecule has 0 aliphatic carbocycles. The fraction of sp³-hybridized carbons (Fsp3) is 0.0571. The molecule has 1 aliphatic heterocycles. The van der Waals surface area contributed by atoms with Crippen molar-refractivity contribution in [1.82, 2.24) is 4.98 Å². The molecule has 1 aromatic heterocycles. The molecule has 5 aromatic rings. The highest BCUT2D eigenvalue weighted by Gasteiger charge is 2.34. The zero-order chi connectivity index (χ0) is 31.5. The van der Waals surface area contributed by atoms with Crippen molar-refractivity contribution < 1.29 is 23.9 Å². The molecule has 0 fully saturated rings. The molecular weight excluding hydrogens is 591 g/mol. The van der Waals surface area contributed by atoms with Gasteiger partial charge in [-0.3, -0.25) is 14.5 Å². The standard InChI is InChI=1S/C35H25FN4O4S/c1-21(45-35-39-31(19-23-9-5-7-13-28(23)36)33(42)40(35)25-10-3-2-4-11-25)32(41)37-24-17-15-22(16-18-24)30-20-27(34(43)44)26-12-6-8-14-29(26)38-30/h2-21H,1H3,(H,37,41)(H,43,44)/b31-19-. The lowest BCUT2D eigenvalue weighted by molar-refractivity contribution is -0.115. The second kappa shape index (κ2) is 12.6. The van der Waals surface area contributed by atoms with Crippen molar-refractivity contribution in [2.24, 2.45) is 4.99 Å². The van der Waals surface area contributed by atoms with Crippen LogP contribution in [-0.4, -0.2) is 38.3 Å². The number of carboxylic acids is 1. The maximum atomic E-state index is 14.3. The van der Waals surface area contributed by atoms with Gasteiger partial charge in [0.1, 0.15) is 11.5 Å². The number of nitrogens with one attached hydrogen (secondary N) is 1. The van der Waals surface area contributed by atoms with Crippen molar-refractivity contribution in [3.8, 4) is 11.3 Å². The number of aromatic nitrogens is 1. The number of hydrogen-bond acceptors (Lipinski definition) is 6. The van der Waals surface area contributed by atoms with E-state index in [1.54, 1.807) is 97.9 Å². The number of rotatable bonds is 7. The topological polar surface area (TPSA) is 112 Å². The number of carbonyl (C=O) groups is 3. The number of anilines is 2. The van der Waals surface area contributed by atoms with Crippen LogP contribution in [0.4, 0.5) is 15.8 Å². The van der Waals surface area contributed by atoms with Crippen LogP contribution in [0, 0.1) is 5.82 Å². The number of pyridine rings is 1. The van der Waals surface area contributed by atoms with Crippen LogP contribution >= 0.6 is 11.8 Å². The monoisotopic (exact) mass is 616 g/mol. The van der Waals surface area contributed by atoms with Gasteiger partial charge in [-0.25, -0.2) is 19.2 Å². The van der Waals surface area contributed by atoms with Crippen LogP contribution in [0.5, 0.6) is 0 Å². The SMILES string of the molecule is CC(SC1=N/C(=C\c2ccccc2F)C(=O)N1c1ccccc1)C(=O)Nc1ccc(-c2cc(C(=O)O)c3ccccc3n2)cc1. The summed E-state index contributed by atoms with van der Waals surface area (Å²) in [7, 11) is 0. The van der Waals surface area contributed by atoms with Crippen LogP contribution in [0.15, 0.2) is 120 Å². The van der Waals surface area contributed by atoms with Crippen molar-refractivity contribution in [3.05, 3.63) is 132 Å². The van der Waals surface area contributed by atoms with Crippen molar-refractivity contribution >= 4 is 63.1 Å². The molecule has 8 nitrogen and oxygen atoms in total. The lowest BCUT2D eigenvalue weighted by Crippen LogP contribution is -2.33. The van der Waals surface area contributed by atoms with E-state index in [0.29, 0.717) is 38.7 Å². The molecule has 2 amide bonds. The van der Waals surface area contributed by atoms with Crippen LogP contribution in [-0.2, 0) is 9.59 Å². The number of halogens is 1. The number of para-hydroxylation sites is 2. The van der Waals surface area contributed by atoms with Gasteiger partial charge in [-0.05, 0) is 55.5 Å². The number of aromatic carboxylic acids is 1. The Labute approximate surface area is 262 Å². The van der Waals surface area contributed by atoms with E-state index >= 15 is 0 Å². The fourth-order valence-corrected chi connectivity index (χ4v) is 5.73. The molecule has 6 rings (SSSR count). The average molecular weight is 617 g/mol. The van der Waals surface area contributed by atoms with E-state index in [-0.39, 0.29) is 22.7 Å². The Hall–Kier alpha value is -5.61. The molecule has 1 aliphatic rings. The van der Waals surface area contributed by atoms with E-state index in [1.807, 2.05) is 6.07 Å². The number of nitrogens with zero attached hydrogens (tertiary/aromatic N) is 3. The Kier molecular flexibility index (Phi) is 8.22. The van der Waals surface area contributed by atoms with Crippen LogP contribution in [0.3, 0.4) is 0 Å². The summed E-state index contributed by atoms with van der Waals surface area (Å²) in [5, 5.41) is 12.8. The number of amidine groups is 1. The number of hydrogen-bond donors (Lipinski definition) is 2. The van der Waals surface area contributed by atoms with Crippen molar-refractivity contribution in [1.29, 1.82) is 0 Å². The molecular formula is C35H25FN4O4S. The van der Waals surface area contributed by atoms with Gasteiger partial charge in [0, 0.05) is 22.2 Å². The zero-order valence-corrected chi connectivity index (χ0v) is 24.7. The Morgan fingerprint density at radius 3 is 2.36 bits per heavy atom. The molecule has 0 radical (unpaired) electrons. The highest BCUT2D eigenvalue weighted by atomic mass is 32.2. The second-order valence-electron chi connectivity index (χ2n) is 10.1. The lowest BCUT2D eigenvalue weighted by atomic mass is 10.0. The Morgan fingerprint density at radius 2 is 1.62 bits per heavy atom. The fourth-order valence-electron chi connectivity index (χ4n) is 4.80. The minimum atomic E-state index is -1.04. The first-order valence-electron chi connectivity index (χ1n) is 13.9. The number of thioether (sulfide) groups is 1. The molecule has 1 unspecified atom stereocenters. The quantitative estimate of drug-likeness (QED) is 0.187. The van der Waals surface area contributed by atoms with E-state index in [9.17, 15) is 23.9 Å². The second-order valence-corrected chi connectivity index (χ2v) is 11.4. The number of benzene rings is 4. The van der Waals surface area contributed by atoms with Gasteiger partial charge in [0.25, 0.3) is 5.91 Å². The Morgan fingerprint density at radius 1 is 0.933 bits per heavy atom. The first kappa shape index (κ1) is 29.5. The van der Waals surface area contributed by atoms with Gasteiger partial charge >= 0.3 is 5.97 Å². The van der Waals surface area contributed by atoms with Gasteiger partial charge in [-0.1, -0.05) is 78.5 Å². The summed E-state index contributed by atoms with van der Waals surface area (Å²) < 4.78 is 14.3. The van der Waals surface area contributed by atoms with E-state index in [2.05, 4.69) is 15.3 Å². The van der Waals surface area contributed by atoms with Crippen molar-refractivity contribution in [3.63, 3.8) is 0 Å². The lowest BCUT2D eigenvalue weighted by Gasteiger charge is -2.20. The highest BCUT2D eigenvalue weighted by molar-refractivity contribution is 8.15. The molecule has 222 valence electrons. The normalized spacial score (nSPS) is 14.4. The zero-order valence-electron chi connectivity index (χ0n) is 23.8. The molecule has 2 N–H and O–H groups in total. The number of amides is 2. The van der Waals surface area contributed by atoms with E-state index in [0.717, 1.165) is 11.8 Å². The molecule has 10 heteroatoms. The van der Waals surface area contributed by atoms with Crippen LogP contribution < -0.4 is 10.2 Å². The smallest absolute Gasteiger partial charge is 0.336 e. The maximum absolute atomic E-state index is 14.3. The van der Waals surface area contributed by atoms with Crippen LogP contribution in [0.1, 0.15) is 22.8 Å². The van der Waals surface area contributed by atoms with Crippen molar-refractivity contribution in [2.45, 2.75) is 12.2 Å². The largest absolute Gasteiger partial charge is 0.478 e. The molecule has 45 heavy (non-hydrogen) atoms. The minimum Gasteiger partial charge on any atom is -0.478 e. The Bertz CT molecular complexity index is 2010. The third-order valence-electron chi connectivity index (χ3n) is 7.09. The third-order valence-corrected chi connectivity index (χ3v) is 8.14. The average Bonchev–Trinajstić information content (AvgIpc) is 3.35. The van der Waals surface area contributed by atoms with E-state index < -0.39 is 22.9 Å². The minimum absolute atomic E-state index is 0.0583. The number of carboxylic acid groups (broad SMARTS) is 1. The van der Waals surface area contributed by atoms with Crippen LogP contribution in [0.2, 0.25) is 0 Å². The molecule has 0 spiro atoms. The van der Waals surface area contributed by atoms with Gasteiger partial charge in [0.15, 0.2) is 5.17 Å². The maximum Gasteiger partial charge on any atom is 0.336 e. The van der Waals surface area contributed by atoms with Crippen molar-refractivity contribution in [2.75, 3.05) is 10.2 Å². The van der Waals surface area contributed by atoms with Gasteiger partial charge in [0.05, 0.1) is 27.7 Å². The summed E-state index contributed by atoms with van der Waals surface area (Å²) in [5.74, 6) is -2.26. The third kappa shape index (κ3) is 6.22. The van der Waals surface area contributed by atoms with E-state index in [4.69, 9.17) is 0 Å². The summed E-state index contributed by atoms with van der Waals surface area (Å²) in [6.45, 7) is 1.70. The first-order chi connectivity index (χ1) is 21.8. The molecule has 0 saturated carbocycles. The molecule has 0 saturated heterocycles. The molecule has 2 heterocycles. The summed E-state index contributed by atoms with van der Waals surface area (Å²) in [5.41, 5.74) is 3.30. The van der Waals surface area contributed by atoms with Gasteiger partial charge in [-0.2, -0.15) is 0 Å². The predicted octanol–water partition coefficient (Wildman–Crippen LogP) is 7.24. The van der Waals surface area contributed by atoms with Crippen LogP contribution in [0.25, 0.3) is 28.2 Å². The summed E-state index contributed by atoms with van der Waals surface area (Å²) in [4.78, 5) is 49.1. The molecule has 0 bridgehead atoms. The van der Waals surface area contributed by atoms with Gasteiger partial charge in [0.2, 0.25) is 5.91 Å². The molecule has 1 atom stereocenters. The van der Waals surface area contributed by atoms with Gasteiger partial charge in [-0.15, -0.1) is 0 Å². The molecule has 4 aromatic carbocycles. The number of aliphatic imine (C=N–C) groups is 1. The predicted molar refractivity (Wildman–Crippen MR) is 176 cm³/mol. The Balaban J connectivity index is 1.21. The first-order valence-corrected chi connectivity index (χ1v) is 14.8. The number of fused-ring (bicyclic) bond motifs is 1. The van der Waals surface area contributed by atoms with E-state index in [1.165, 1.54) is 23.1 Å². The van der Waals surface area contributed by atoms with Gasteiger partial charge < -0.3 is 10.4 Å². The number of carbonyl (C=O) groups excluding carboxylic acids is 2. The summed E-state index contributed by atoms with van der Waals surface area (Å²) in [6.07, 6.45) is 1.40. The summed E-state index contributed by atoms with van der Waals surface area (Å²) >= 11 is 1.11.